The third-order valence-corrected chi connectivity index (χ3v) is 6.22. The van der Waals surface area contributed by atoms with E-state index in [9.17, 15) is 13.2 Å². The van der Waals surface area contributed by atoms with E-state index in [2.05, 4.69) is 10.3 Å². The summed E-state index contributed by atoms with van der Waals surface area (Å²) >= 11 is 0. The summed E-state index contributed by atoms with van der Waals surface area (Å²) in [4.78, 5) is 21.8. The van der Waals surface area contributed by atoms with Gasteiger partial charge in [-0.25, -0.2) is 13.4 Å². The molecule has 156 valence electrons. The molecule has 2 aromatic carbocycles. The molecule has 1 N–H and O–H groups in total. The van der Waals surface area contributed by atoms with Crippen LogP contribution in [-0.2, 0) is 16.4 Å². The molecular weight excluding hydrogens is 410 g/mol. The number of hydrogen-bond donors (Lipinski definition) is 1. The van der Waals surface area contributed by atoms with Crippen molar-refractivity contribution in [1.82, 2.24) is 15.3 Å². The molecule has 7 heteroatoms. The van der Waals surface area contributed by atoms with Gasteiger partial charge in [-0.2, -0.15) is 0 Å². The average molecular weight is 432 g/mol. The van der Waals surface area contributed by atoms with Crippen LogP contribution in [-0.4, -0.2) is 30.5 Å². The van der Waals surface area contributed by atoms with Gasteiger partial charge >= 0.3 is 0 Å². The fourth-order valence-corrected chi connectivity index (χ4v) is 4.33. The Kier molecular flexibility index (Phi) is 5.52. The van der Waals surface area contributed by atoms with Crippen LogP contribution < -0.4 is 5.32 Å². The summed E-state index contributed by atoms with van der Waals surface area (Å²) in [6, 6.07) is 20.3. The van der Waals surface area contributed by atoms with Crippen LogP contribution in [0.4, 0.5) is 0 Å². The van der Waals surface area contributed by atoms with E-state index >= 15 is 0 Å². The monoisotopic (exact) mass is 431 g/mol. The Labute approximate surface area is 180 Å². The Bertz CT molecular complexity index is 1380. The molecule has 0 atom stereocenters. The number of benzene rings is 2. The molecule has 0 radical (unpaired) electrons. The van der Waals surface area contributed by atoms with Gasteiger partial charge in [0, 0.05) is 29.0 Å². The second kappa shape index (κ2) is 8.28. The second-order valence-corrected chi connectivity index (χ2v) is 9.35. The number of fused-ring (bicyclic) bond motifs is 1. The van der Waals surface area contributed by atoms with Gasteiger partial charge in [0.2, 0.25) is 0 Å². The molecule has 31 heavy (non-hydrogen) atoms. The normalized spacial score (nSPS) is 11.4. The molecule has 0 saturated carbocycles. The largest absolute Gasteiger partial charge is 0.346 e. The zero-order valence-corrected chi connectivity index (χ0v) is 18.0. The number of nitrogens with zero attached hydrogens (tertiary/aromatic N) is 2. The number of aromatic nitrogens is 2. The summed E-state index contributed by atoms with van der Waals surface area (Å²) < 4.78 is 23.8. The maximum Gasteiger partial charge on any atom is 0.251 e. The maximum atomic E-state index is 12.6. The molecule has 2 heterocycles. The number of hydrogen-bond acceptors (Lipinski definition) is 5. The van der Waals surface area contributed by atoms with Crippen LogP contribution in [0.25, 0.3) is 22.2 Å². The Morgan fingerprint density at radius 3 is 2.52 bits per heavy atom. The van der Waals surface area contributed by atoms with Gasteiger partial charge in [0.15, 0.2) is 9.84 Å². The molecule has 0 bridgehead atoms. The fourth-order valence-electron chi connectivity index (χ4n) is 3.34. The van der Waals surface area contributed by atoms with E-state index in [1.54, 1.807) is 25.3 Å². The first kappa shape index (κ1) is 20.7. The van der Waals surface area contributed by atoms with E-state index in [-0.39, 0.29) is 22.9 Å². The zero-order chi connectivity index (χ0) is 22.0. The molecule has 0 aliphatic heterocycles. The predicted octanol–water partition coefficient (Wildman–Crippen LogP) is 3.94. The van der Waals surface area contributed by atoms with Crippen LogP contribution in [0.15, 0.2) is 77.8 Å². The highest BCUT2D eigenvalue weighted by Gasteiger charge is 2.15. The SMILES string of the molecule is Cc1ccc(C(=O)NCc2cc3nc(-c4ccccc4)ccc3cn2)cc1S(C)(=O)=O. The summed E-state index contributed by atoms with van der Waals surface area (Å²) in [5.41, 5.74) is 4.23. The molecule has 0 aliphatic rings. The van der Waals surface area contributed by atoms with E-state index in [1.807, 2.05) is 48.5 Å². The topological polar surface area (TPSA) is 89.0 Å². The van der Waals surface area contributed by atoms with Crippen LogP contribution in [0.1, 0.15) is 21.6 Å². The van der Waals surface area contributed by atoms with Gasteiger partial charge in [-0.15, -0.1) is 0 Å². The van der Waals surface area contributed by atoms with Gasteiger partial charge in [0.05, 0.1) is 28.3 Å². The van der Waals surface area contributed by atoms with Crippen molar-refractivity contribution in [2.24, 2.45) is 0 Å². The van der Waals surface area contributed by atoms with Gasteiger partial charge in [0.1, 0.15) is 0 Å². The molecule has 6 nitrogen and oxygen atoms in total. The summed E-state index contributed by atoms with van der Waals surface area (Å²) in [6.45, 7) is 1.90. The smallest absolute Gasteiger partial charge is 0.251 e. The molecular formula is C24H21N3O3S. The van der Waals surface area contributed by atoms with E-state index in [0.29, 0.717) is 11.3 Å². The van der Waals surface area contributed by atoms with E-state index in [4.69, 9.17) is 4.98 Å². The van der Waals surface area contributed by atoms with Crippen molar-refractivity contribution in [3.05, 3.63) is 89.7 Å². The maximum absolute atomic E-state index is 12.6. The summed E-state index contributed by atoms with van der Waals surface area (Å²) in [6.07, 6.45) is 2.86. The molecule has 0 saturated heterocycles. The van der Waals surface area contributed by atoms with Gasteiger partial charge in [0.25, 0.3) is 5.91 Å². The molecule has 0 aliphatic carbocycles. The lowest BCUT2D eigenvalue weighted by Gasteiger charge is -2.09. The lowest BCUT2D eigenvalue weighted by atomic mass is 10.1. The fraction of sp³-hybridized carbons (Fsp3) is 0.125. The standard InChI is InChI=1S/C24H21N3O3S/c1-16-8-9-18(12-23(16)31(2,29)30)24(28)26-15-20-13-22-19(14-25-20)10-11-21(27-22)17-6-4-3-5-7-17/h3-14H,15H2,1-2H3,(H,26,28). The second-order valence-electron chi connectivity index (χ2n) is 7.37. The minimum absolute atomic E-state index is 0.154. The predicted molar refractivity (Wildman–Crippen MR) is 120 cm³/mol. The van der Waals surface area contributed by atoms with Crippen LogP contribution in [0.2, 0.25) is 0 Å². The van der Waals surface area contributed by atoms with Crippen LogP contribution in [0.3, 0.4) is 0 Å². The molecule has 1 amide bonds. The number of sulfone groups is 1. The summed E-state index contributed by atoms with van der Waals surface area (Å²) in [7, 11) is -3.41. The zero-order valence-electron chi connectivity index (χ0n) is 17.2. The molecule has 4 aromatic rings. The van der Waals surface area contributed by atoms with Crippen molar-refractivity contribution in [3.63, 3.8) is 0 Å². The van der Waals surface area contributed by atoms with Crippen molar-refractivity contribution < 1.29 is 13.2 Å². The number of pyridine rings is 2. The minimum Gasteiger partial charge on any atom is -0.346 e. The van der Waals surface area contributed by atoms with Crippen LogP contribution in [0, 0.1) is 6.92 Å². The summed E-state index contributed by atoms with van der Waals surface area (Å²) in [5.74, 6) is -0.363. The first-order chi connectivity index (χ1) is 14.8. The van der Waals surface area contributed by atoms with Gasteiger partial charge in [-0.3, -0.25) is 9.78 Å². The van der Waals surface area contributed by atoms with Crippen LogP contribution in [0.5, 0.6) is 0 Å². The minimum atomic E-state index is -3.41. The highest BCUT2D eigenvalue weighted by Crippen LogP contribution is 2.21. The number of rotatable bonds is 5. The Balaban J connectivity index is 1.54. The number of amides is 1. The highest BCUT2D eigenvalue weighted by molar-refractivity contribution is 7.90. The van der Waals surface area contributed by atoms with E-state index < -0.39 is 9.84 Å². The first-order valence-electron chi connectivity index (χ1n) is 9.71. The quantitative estimate of drug-likeness (QED) is 0.517. The Morgan fingerprint density at radius 2 is 1.77 bits per heavy atom. The summed E-state index contributed by atoms with van der Waals surface area (Å²) in [5, 5.41) is 3.71. The lowest BCUT2D eigenvalue weighted by Crippen LogP contribution is -2.23. The van der Waals surface area contributed by atoms with Crippen molar-refractivity contribution in [2.75, 3.05) is 6.26 Å². The third kappa shape index (κ3) is 4.62. The lowest BCUT2D eigenvalue weighted by molar-refractivity contribution is 0.0950. The molecule has 4 rings (SSSR count). The Hall–Kier alpha value is -3.58. The molecule has 2 aromatic heterocycles. The van der Waals surface area contributed by atoms with Crippen molar-refractivity contribution >= 4 is 26.6 Å². The highest BCUT2D eigenvalue weighted by atomic mass is 32.2. The third-order valence-electron chi connectivity index (χ3n) is 4.98. The van der Waals surface area contributed by atoms with Crippen molar-refractivity contribution in [2.45, 2.75) is 18.4 Å². The van der Waals surface area contributed by atoms with Gasteiger partial charge < -0.3 is 5.32 Å². The van der Waals surface area contributed by atoms with Crippen molar-refractivity contribution in [3.8, 4) is 11.3 Å². The number of nitrogens with one attached hydrogen (secondary N) is 1. The number of aryl methyl sites for hydroxylation is 1. The first-order valence-corrected chi connectivity index (χ1v) is 11.6. The average Bonchev–Trinajstić information content (AvgIpc) is 2.77. The molecule has 0 unspecified atom stereocenters. The van der Waals surface area contributed by atoms with Crippen molar-refractivity contribution in [1.29, 1.82) is 0 Å². The molecule has 0 spiro atoms. The number of carbonyl (C=O) groups excluding carboxylic acids is 1. The van der Waals surface area contributed by atoms with E-state index in [0.717, 1.165) is 28.4 Å². The number of carbonyl (C=O) groups is 1. The molecule has 0 fully saturated rings. The van der Waals surface area contributed by atoms with E-state index in [1.165, 1.54) is 6.07 Å². The Morgan fingerprint density at radius 1 is 1.00 bits per heavy atom. The van der Waals surface area contributed by atoms with Gasteiger partial charge in [-0.1, -0.05) is 36.4 Å². The van der Waals surface area contributed by atoms with Gasteiger partial charge in [-0.05, 0) is 42.8 Å². The van der Waals surface area contributed by atoms with Crippen LogP contribution >= 0.6 is 0 Å².